The molecule has 8 atom stereocenters. The second-order valence-electron chi connectivity index (χ2n) is 11.4. The van der Waals surface area contributed by atoms with Gasteiger partial charge in [-0.1, -0.05) is 13.0 Å². The Bertz CT molecular complexity index is 759. The van der Waals surface area contributed by atoms with E-state index in [0.717, 1.165) is 54.4 Å². The van der Waals surface area contributed by atoms with Gasteiger partial charge in [0.1, 0.15) is 5.78 Å². The van der Waals surface area contributed by atoms with Crippen molar-refractivity contribution < 1.29 is 9.90 Å². The number of Topliss-reactive ketones (excluding diaryl/α,β-unsaturated/α-hetero) is 1. The van der Waals surface area contributed by atoms with Crippen LogP contribution in [-0.4, -0.2) is 21.5 Å². The van der Waals surface area contributed by atoms with E-state index < -0.39 is 5.60 Å². The number of carbonyl (C=O) groups is 1. The Morgan fingerprint density at radius 2 is 1.90 bits per heavy atom. The number of pyridine rings is 1. The smallest absolute Gasteiger partial charge is 0.140 e. The number of ketones is 1. The third kappa shape index (κ3) is 3.38. The maximum absolute atomic E-state index is 13.3. The summed E-state index contributed by atoms with van der Waals surface area (Å²) in [6, 6.07) is 3.98. The fourth-order valence-electron chi connectivity index (χ4n) is 8.44. The minimum absolute atomic E-state index is 0.202. The van der Waals surface area contributed by atoms with Crippen LogP contribution < -0.4 is 0 Å². The summed E-state index contributed by atoms with van der Waals surface area (Å²) in [4.78, 5) is 17.5. The third-order valence-electron chi connectivity index (χ3n) is 9.73. The van der Waals surface area contributed by atoms with Crippen LogP contribution in [0.1, 0.15) is 77.2 Å². The van der Waals surface area contributed by atoms with Gasteiger partial charge in [-0.05, 0) is 111 Å². The lowest BCUT2D eigenvalue weighted by Gasteiger charge is -2.56. The topological polar surface area (TPSA) is 50.2 Å². The molecule has 0 amide bonds. The Morgan fingerprint density at radius 1 is 1.07 bits per heavy atom. The molecule has 0 radical (unpaired) electrons. The number of nitrogens with zero attached hydrogens (tertiary/aromatic N) is 1. The largest absolute Gasteiger partial charge is 0.390 e. The fourth-order valence-corrected chi connectivity index (χ4v) is 8.44. The van der Waals surface area contributed by atoms with E-state index in [0.29, 0.717) is 12.2 Å². The van der Waals surface area contributed by atoms with Crippen LogP contribution in [0.4, 0.5) is 0 Å². The summed E-state index contributed by atoms with van der Waals surface area (Å²) < 4.78 is 0. The fraction of sp³-hybridized carbons (Fsp3) is 0.769. The maximum atomic E-state index is 13.3. The second kappa shape index (κ2) is 7.18. The lowest BCUT2D eigenvalue weighted by molar-refractivity contribution is -0.131. The first-order valence-electron chi connectivity index (χ1n) is 12.0. The Balaban J connectivity index is 1.31. The Kier molecular flexibility index (Phi) is 4.89. The predicted octanol–water partition coefficient (Wildman–Crippen LogP) is 5.21. The van der Waals surface area contributed by atoms with Crippen molar-refractivity contribution in [1.29, 1.82) is 0 Å². The van der Waals surface area contributed by atoms with Crippen molar-refractivity contribution in [2.24, 2.45) is 40.9 Å². The van der Waals surface area contributed by atoms with E-state index in [1.807, 2.05) is 25.3 Å². The molecule has 0 aliphatic heterocycles. The maximum Gasteiger partial charge on any atom is 0.140 e. The Morgan fingerprint density at radius 3 is 2.69 bits per heavy atom. The predicted molar refractivity (Wildman–Crippen MR) is 114 cm³/mol. The zero-order valence-electron chi connectivity index (χ0n) is 18.1. The molecule has 5 rings (SSSR count). The van der Waals surface area contributed by atoms with Crippen LogP contribution >= 0.6 is 0 Å². The Hall–Kier alpha value is -1.22. The van der Waals surface area contributed by atoms with Gasteiger partial charge >= 0.3 is 0 Å². The van der Waals surface area contributed by atoms with Crippen LogP contribution in [0.3, 0.4) is 0 Å². The van der Waals surface area contributed by atoms with E-state index in [1.54, 1.807) is 6.20 Å². The molecular formula is C26H37NO2. The molecule has 1 N–H and O–H groups in total. The SMILES string of the molecule is C[C@@]1(O)CC[C@H]2[C@H](CC[C@@H]3[C@@H]2CC[C@]2(C)[C@@H](C(=O)Cc4cccnc4)CC[C@@H]32)C1. The van der Waals surface area contributed by atoms with Gasteiger partial charge in [0.25, 0.3) is 0 Å². The number of aliphatic hydroxyl groups is 1. The average Bonchev–Trinajstić information content (AvgIpc) is 3.05. The van der Waals surface area contributed by atoms with Crippen LogP contribution in [0, 0.1) is 40.9 Å². The van der Waals surface area contributed by atoms with Crippen molar-refractivity contribution in [2.75, 3.05) is 0 Å². The molecule has 1 aromatic rings. The molecule has 4 fully saturated rings. The summed E-state index contributed by atoms with van der Waals surface area (Å²) in [7, 11) is 0. The van der Waals surface area contributed by atoms with Gasteiger partial charge in [-0.15, -0.1) is 0 Å². The molecule has 29 heavy (non-hydrogen) atoms. The molecule has 0 unspecified atom stereocenters. The van der Waals surface area contributed by atoms with E-state index in [9.17, 15) is 9.90 Å². The average molecular weight is 396 g/mol. The standard InChI is InChI=1S/C26H37NO2/c1-25(29)11-9-19-18(15-25)5-6-21-20(19)10-12-26(2)22(21)7-8-23(26)24(28)14-17-4-3-13-27-16-17/h3-4,13,16,18-23,29H,5-12,14-15H2,1-2H3/t18-,19+,20-,21-,22+,23-,25-,26+/m1/s1. The minimum atomic E-state index is -0.436. The van der Waals surface area contributed by atoms with E-state index >= 15 is 0 Å². The lowest BCUT2D eigenvalue weighted by Crippen LogP contribution is -2.51. The van der Waals surface area contributed by atoms with Crippen LogP contribution in [0.25, 0.3) is 0 Å². The quantitative estimate of drug-likeness (QED) is 0.764. The number of hydrogen-bond acceptors (Lipinski definition) is 3. The van der Waals surface area contributed by atoms with E-state index in [4.69, 9.17) is 0 Å². The first-order valence-corrected chi connectivity index (χ1v) is 12.0. The zero-order chi connectivity index (χ0) is 20.2. The molecule has 4 saturated carbocycles. The summed E-state index contributed by atoms with van der Waals surface area (Å²) in [5.41, 5.74) is 0.829. The first kappa shape index (κ1) is 19.7. The number of carbonyl (C=O) groups excluding carboxylic acids is 1. The van der Waals surface area contributed by atoms with Crippen molar-refractivity contribution >= 4 is 5.78 Å². The van der Waals surface area contributed by atoms with Crippen molar-refractivity contribution in [2.45, 2.75) is 83.7 Å². The normalized spacial score (nSPS) is 46.4. The van der Waals surface area contributed by atoms with Crippen molar-refractivity contribution in [3.8, 4) is 0 Å². The van der Waals surface area contributed by atoms with Crippen molar-refractivity contribution in [3.63, 3.8) is 0 Å². The molecule has 4 aliphatic rings. The van der Waals surface area contributed by atoms with Crippen molar-refractivity contribution in [1.82, 2.24) is 4.98 Å². The van der Waals surface area contributed by atoms with Gasteiger partial charge in [-0.2, -0.15) is 0 Å². The number of fused-ring (bicyclic) bond motifs is 5. The summed E-state index contributed by atoms with van der Waals surface area (Å²) in [6.45, 7) is 4.49. The van der Waals surface area contributed by atoms with E-state index in [2.05, 4.69) is 11.9 Å². The van der Waals surface area contributed by atoms with Gasteiger partial charge < -0.3 is 5.11 Å². The highest BCUT2D eigenvalue weighted by molar-refractivity contribution is 5.84. The highest BCUT2D eigenvalue weighted by Crippen LogP contribution is 2.64. The summed E-state index contributed by atoms with van der Waals surface area (Å²) in [6.07, 6.45) is 14.9. The van der Waals surface area contributed by atoms with Crippen LogP contribution in [0.5, 0.6) is 0 Å². The summed E-state index contributed by atoms with van der Waals surface area (Å²) in [5, 5.41) is 10.6. The molecule has 158 valence electrons. The number of hydrogen-bond donors (Lipinski definition) is 1. The molecule has 0 saturated heterocycles. The monoisotopic (exact) mass is 395 g/mol. The number of aromatic nitrogens is 1. The van der Waals surface area contributed by atoms with Crippen LogP contribution in [0.2, 0.25) is 0 Å². The van der Waals surface area contributed by atoms with Crippen molar-refractivity contribution in [3.05, 3.63) is 30.1 Å². The van der Waals surface area contributed by atoms with Gasteiger partial charge in [0, 0.05) is 24.7 Å². The highest BCUT2D eigenvalue weighted by Gasteiger charge is 2.58. The van der Waals surface area contributed by atoms with Gasteiger partial charge in [-0.3, -0.25) is 9.78 Å². The number of rotatable bonds is 3. The van der Waals surface area contributed by atoms with E-state index in [1.165, 1.54) is 38.5 Å². The molecule has 0 aromatic carbocycles. The van der Waals surface area contributed by atoms with E-state index in [-0.39, 0.29) is 11.3 Å². The molecule has 1 heterocycles. The van der Waals surface area contributed by atoms with Crippen LogP contribution in [-0.2, 0) is 11.2 Å². The second-order valence-corrected chi connectivity index (χ2v) is 11.4. The van der Waals surface area contributed by atoms with Gasteiger partial charge in [0.2, 0.25) is 0 Å². The zero-order valence-corrected chi connectivity index (χ0v) is 18.1. The molecule has 3 heteroatoms. The molecule has 1 aromatic heterocycles. The molecule has 0 spiro atoms. The lowest BCUT2D eigenvalue weighted by atomic mass is 9.49. The minimum Gasteiger partial charge on any atom is -0.390 e. The third-order valence-corrected chi connectivity index (χ3v) is 9.73. The van der Waals surface area contributed by atoms with Gasteiger partial charge in [0.05, 0.1) is 5.60 Å². The van der Waals surface area contributed by atoms with Gasteiger partial charge in [-0.25, -0.2) is 0 Å². The summed E-state index contributed by atoms with van der Waals surface area (Å²) in [5.74, 6) is 4.62. The molecule has 4 aliphatic carbocycles. The summed E-state index contributed by atoms with van der Waals surface area (Å²) >= 11 is 0. The van der Waals surface area contributed by atoms with Crippen LogP contribution in [0.15, 0.2) is 24.5 Å². The van der Waals surface area contributed by atoms with Gasteiger partial charge in [0.15, 0.2) is 0 Å². The molecule has 3 nitrogen and oxygen atoms in total. The molecular weight excluding hydrogens is 358 g/mol. The first-order chi connectivity index (χ1) is 13.9. The molecule has 0 bridgehead atoms. The highest BCUT2D eigenvalue weighted by atomic mass is 16.3. The Labute approximate surface area is 175 Å².